The Labute approximate surface area is 351 Å². The van der Waals surface area contributed by atoms with E-state index in [4.69, 9.17) is 13.3 Å². The molecule has 0 aromatic rings. The minimum Gasteiger partial charge on any atom is -0.375 e. The Morgan fingerprint density at radius 1 is 0.236 bits per heavy atom. The molecular formula is C51H106O3Si. The molecule has 0 aromatic heterocycles. The van der Waals surface area contributed by atoms with E-state index in [0.29, 0.717) is 0 Å². The molecule has 0 spiro atoms. The van der Waals surface area contributed by atoms with Crippen molar-refractivity contribution < 1.29 is 13.3 Å². The van der Waals surface area contributed by atoms with Crippen LogP contribution >= 0.6 is 0 Å². The van der Waals surface area contributed by atoms with Crippen molar-refractivity contribution in [3.05, 3.63) is 0 Å². The molecule has 3 nitrogen and oxygen atoms in total. The van der Waals surface area contributed by atoms with Gasteiger partial charge < -0.3 is 13.3 Å². The maximum Gasteiger partial charge on any atom is 0.484 e. The Balaban J connectivity index is 6.83. The lowest BCUT2D eigenvalue weighted by atomic mass is 9.75. The molecule has 0 radical (unpaired) electrons. The third-order valence-electron chi connectivity index (χ3n) is 13.4. The fourth-order valence-electron chi connectivity index (χ4n) is 9.40. The Morgan fingerprint density at radius 3 is 0.509 bits per heavy atom. The third kappa shape index (κ3) is 28.2. The molecule has 0 amide bonds. The standard InChI is InChI=1S/C51H106O3Si/c1-10-19-28-37-49(38-29-20-11-2,39-30-21-12-3)46-52-55(53-47-50(40-31-22-13-4,41-32-23-14-5)42-33-24-15-6)54-48-51(43-34-25-16-7,44-35-26-17-8)45-36-27-18-9/h55H,10-48H2,1-9H3. The summed E-state index contributed by atoms with van der Waals surface area (Å²) < 4.78 is 22.0. The molecular weight excluding hydrogens is 689 g/mol. The van der Waals surface area contributed by atoms with Crippen molar-refractivity contribution in [3.63, 3.8) is 0 Å². The molecule has 0 aliphatic carbocycles. The lowest BCUT2D eigenvalue weighted by molar-refractivity contribution is -0.0124. The molecule has 0 atom stereocenters. The Hall–Kier alpha value is 0.0969. The molecule has 0 N–H and O–H groups in total. The summed E-state index contributed by atoms with van der Waals surface area (Å²) in [4.78, 5) is 0. The van der Waals surface area contributed by atoms with Crippen LogP contribution in [0.1, 0.15) is 293 Å². The zero-order chi connectivity index (χ0) is 40.8. The minimum absolute atomic E-state index is 0.262. The van der Waals surface area contributed by atoms with Crippen LogP contribution in [-0.4, -0.2) is 29.3 Å². The van der Waals surface area contributed by atoms with E-state index in [-0.39, 0.29) is 16.2 Å². The van der Waals surface area contributed by atoms with Gasteiger partial charge in [-0.15, -0.1) is 0 Å². The van der Waals surface area contributed by atoms with E-state index in [9.17, 15) is 0 Å². The highest BCUT2D eigenvalue weighted by molar-refractivity contribution is 6.36. The number of unbranched alkanes of at least 4 members (excludes halogenated alkanes) is 18. The summed E-state index contributed by atoms with van der Waals surface area (Å²) in [5, 5.41) is 0. The normalized spacial score (nSPS) is 12.8. The van der Waals surface area contributed by atoms with E-state index < -0.39 is 9.53 Å². The molecule has 0 aromatic carbocycles. The van der Waals surface area contributed by atoms with Crippen LogP contribution in [0.5, 0.6) is 0 Å². The molecule has 332 valence electrons. The largest absolute Gasteiger partial charge is 0.484 e. The number of hydrogen-bond donors (Lipinski definition) is 0. The van der Waals surface area contributed by atoms with Crippen LogP contribution in [-0.2, 0) is 13.3 Å². The van der Waals surface area contributed by atoms with E-state index in [0.717, 1.165) is 19.8 Å². The van der Waals surface area contributed by atoms with Crippen molar-refractivity contribution in [3.8, 4) is 0 Å². The zero-order valence-corrected chi connectivity index (χ0v) is 41.0. The molecule has 0 saturated carbocycles. The average Bonchev–Trinajstić information content (AvgIpc) is 3.18. The van der Waals surface area contributed by atoms with Gasteiger partial charge >= 0.3 is 9.53 Å². The van der Waals surface area contributed by atoms with Crippen molar-refractivity contribution in [2.24, 2.45) is 16.2 Å². The molecule has 4 heteroatoms. The Morgan fingerprint density at radius 2 is 0.382 bits per heavy atom. The summed E-state index contributed by atoms with van der Waals surface area (Å²) in [5.74, 6) is 0. The quantitative estimate of drug-likeness (QED) is 0.0454. The summed E-state index contributed by atoms with van der Waals surface area (Å²) in [6, 6.07) is 0. The monoisotopic (exact) mass is 795 g/mol. The Bertz CT molecular complexity index is 592. The van der Waals surface area contributed by atoms with E-state index >= 15 is 0 Å². The third-order valence-corrected chi connectivity index (χ3v) is 14.7. The average molecular weight is 795 g/mol. The van der Waals surface area contributed by atoms with Crippen LogP contribution in [0.25, 0.3) is 0 Å². The maximum atomic E-state index is 7.34. The first-order valence-electron chi connectivity index (χ1n) is 25.7. The first-order chi connectivity index (χ1) is 26.8. The Kier molecular flexibility index (Phi) is 38.4. The lowest BCUT2D eigenvalue weighted by Crippen LogP contribution is -2.41. The van der Waals surface area contributed by atoms with Gasteiger partial charge in [-0.05, 0) is 74.0 Å². The second-order valence-electron chi connectivity index (χ2n) is 18.8. The van der Waals surface area contributed by atoms with Crippen LogP contribution in [0.15, 0.2) is 0 Å². The van der Waals surface area contributed by atoms with Gasteiger partial charge in [0.15, 0.2) is 0 Å². The van der Waals surface area contributed by atoms with Gasteiger partial charge in [0.1, 0.15) is 0 Å². The predicted octanol–water partition coefficient (Wildman–Crippen LogP) is 17.9. The van der Waals surface area contributed by atoms with Crippen molar-refractivity contribution in [2.45, 2.75) is 293 Å². The van der Waals surface area contributed by atoms with Crippen LogP contribution in [0.2, 0.25) is 0 Å². The smallest absolute Gasteiger partial charge is 0.375 e. The van der Waals surface area contributed by atoms with Gasteiger partial charge in [-0.1, -0.05) is 236 Å². The molecule has 0 aliphatic heterocycles. The molecule has 0 fully saturated rings. The number of hydrogen-bond acceptors (Lipinski definition) is 3. The lowest BCUT2D eigenvalue weighted by Gasteiger charge is -2.39. The van der Waals surface area contributed by atoms with Crippen LogP contribution in [0.3, 0.4) is 0 Å². The summed E-state index contributed by atoms with van der Waals surface area (Å²) >= 11 is 0. The topological polar surface area (TPSA) is 27.7 Å². The second kappa shape index (κ2) is 38.3. The first-order valence-corrected chi connectivity index (χ1v) is 27.1. The molecule has 0 unspecified atom stereocenters. The van der Waals surface area contributed by atoms with Crippen molar-refractivity contribution in [1.82, 2.24) is 0 Å². The van der Waals surface area contributed by atoms with Crippen molar-refractivity contribution in [2.75, 3.05) is 19.8 Å². The fourth-order valence-corrected chi connectivity index (χ4v) is 11.2. The molecule has 55 heavy (non-hydrogen) atoms. The van der Waals surface area contributed by atoms with Gasteiger partial charge in [0.25, 0.3) is 0 Å². The van der Waals surface area contributed by atoms with Gasteiger partial charge in [0.05, 0.1) is 0 Å². The first kappa shape index (κ1) is 55.1. The van der Waals surface area contributed by atoms with Crippen LogP contribution in [0, 0.1) is 16.2 Å². The van der Waals surface area contributed by atoms with Crippen molar-refractivity contribution >= 4 is 9.53 Å². The van der Waals surface area contributed by atoms with Gasteiger partial charge in [-0.2, -0.15) is 0 Å². The molecule has 0 bridgehead atoms. The van der Waals surface area contributed by atoms with E-state index in [1.54, 1.807) is 0 Å². The van der Waals surface area contributed by atoms with Crippen LogP contribution < -0.4 is 0 Å². The maximum absolute atomic E-state index is 7.34. The van der Waals surface area contributed by atoms with E-state index in [1.807, 2.05) is 0 Å². The summed E-state index contributed by atoms with van der Waals surface area (Å²) in [7, 11) is -2.40. The second-order valence-corrected chi connectivity index (χ2v) is 20.4. The van der Waals surface area contributed by atoms with Gasteiger partial charge in [-0.3, -0.25) is 0 Å². The van der Waals surface area contributed by atoms with Gasteiger partial charge in [0, 0.05) is 19.8 Å². The summed E-state index contributed by atoms with van der Waals surface area (Å²) in [5.41, 5.74) is 0.787. The van der Waals surface area contributed by atoms with Gasteiger partial charge in [0.2, 0.25) is 0 Å². The summed E-state index contributed by atoms with van der Waals surface area (Å²) in [6.45, 7) is 23.8. The highest BCUT2D eigenvalue weighted by Crippen LogP contribution is 2.42. The van der Waals surface area contributed by atoms with Gasteiger partial charge in [-0.25, -0.2) is 0 Å². The SMILES string of the molecule is CCCCCC(CCCCC)(CCCCC)CO[SiH](OCC(CCCCC)(CCCCC)CCCCC)OCC(CCCCC)(CCCCC)CCCCC. The van der Waals surface area contributed by atoms with Crippen LogP contribution in [0.4, 0.5) is 0 Å². The van der Waals surface area contributed by atoms with Crippen molar-refractivity contribution in [1.29, 1.82) is 0 Å². The predicted molar refractivity (Wildman–Crippen MR) is 250 cm³/mol. The molecule has 0 aliphatic rings. The number of rotatable bonds is 45. The highest BCUT2D eigenvalue weighted by atomic mass is 28.3. The highest BCUT2D eigenvalue weighted by Gasteiger charge is 2.37. The zero-order valence-electron chi connectivity index (χ0n) is 39.9. The molecule has 0 heterocycles. The fraction of sp³-hybridized carbons (Fsp3) is 1.00. The summed E-state index contributed by atoms with van der Waals surface area (Å²) in [6.07, 6.45) is 47.3. The van der Waals surface area contributed by atoms with E-state index in [2.05, 4.69) is 62.3 Å². The minimum atomic E-state index is -2.40. The molecule has 0 saturated heterocycles. The molecule has 0 rings (SSSR count). The van der Waals surface area contributed by atoms with E-state index in [1.165, 1.54) is 231 Å².